The summed E-state index contributed by atoms with van der Waals surface area (Å²) in [5.41, 5.74) is 6.01. The molecule has 0 unspecified atom stereocenters. The summed E-state index contributed by atoms with van der Waals surface area (Å²) in [6.45, 7) is 5.90. The first kappa shape index (κ1) is 18.7. The summed E-state index contributed by atoms with van der Waals surface area (Å²) in [6, 6.07) is 17.8. The van der Waals surface area contributed by atoms with E-state index < -0.39 is 0 Å². The van der Waals surface area contributed by atoms with Gasteiger partial charge >= 0.3 is 0 Å². The summed E-state index contributed by atoms with van der Waals surface area (Å²) in [5.74, 6) is 0.474. The van der Waals surface area contributed by atoms with Gasteiger partial charge in [0.2, 0.25) is 6.54 Å². The third-order valence-corrected chi connectivity index (χ3v) is 4.98. The second-order valence-corrected chi connectivity index (χ2v) is 6.81. The first-order valence-electron chi connectivity index (χ1n) is 8.93. The smallest absolute Gasteiger partial charge is 0.214 e. The van der Waals surface area contributed by atoms with E-state index in [1.807, 2.05) is 69.3 Å². The zero-order chi connectivity index (χ0) is 19.6. The summed E-state index contributed by atoms with van der Waals surface area (Å²) in [7, 11) is 1.65. The van der Waals surface area contributed by atoms with E-state index in [9.17, 15) is 10.1 Å². The molecule has 0 aliphatic heterocycles. The Morgan fingerprint density at radius 2 is 1.74 bits per heavy atom. The molecule has 140 valence electrons. The summed E-state index contributed by atoms with van der Waals surface area (Å²) in [4.78, 5) is 11.1. The van der Waals surface area contributed by atoms with E-state index >= 15 is 0 Å². The molecule has 5 heteroatoms. The highest BCUT2D eigenvalue weighted by Gasteiger charge is 2.25. The minimum Gasteiger partial charge on any atom is -0.495 e. The van der Waals surface area contributed by atoms with Crippen LogP contribution in [-0.4, -0.2) is 23.1 Å². The molecule has 0 spiro atoms. The second-order valence-electron chi connectivity index (χ2n) is 6.81. The predicted octanol–water partition coefficient (Wildman–Crippen LogP) is 4.82. The predicted molar refractivity (Wildman–Crippen MR) is 107 cm³/mol. The number of aromatic nitrogens is 1. The Morgan fingerprint density at radius 1 is 1.07 bits per heavy atom. The van der Waals surface area contributed by atoms with Gasteiger partial charge in [0.05, 0.1) is 18.7 Å². The highest BCUT2D eigenvalue weighted by molar-refractivity contribution is 5.52. The van der Waals surface area contributed by atoms with Gasteiger partial charge in [-0.3, -0.25) is 10.1 Å². The highest BCUT2D eigenvalue weighted by Crippen LogP contribution is 2.34. The van der Waals surface area contributed by atoms with Crippen LogP contribution in [0.2, 0.25) is 0 Å². The maximum atomic E-state index is 11.4. The minimum atomic E-state index is -0.296. The molecule has 0 bridgehead atoms. The quantitative estimate of drug-likeness (QED) is 0.465. The Morgan fingerprint density at radius 3 is 2.37 bits per heavy atom. The van der Waals surface area contributed by atoms with Gasteiger partial charge in [-0.25, -0.2) is 0 Å². The van der Waals surface area contributed by atoms with E-state index in [0.29, 0.717) is 0 Å². The van der Waals surface area contributed by atoms with Gasteiger partial charge in [0.1, 0.15) is 5.75 Å². The molecule has 3 aromatic rings. The van der Waals surface area contributed by atoms with Gasteiger partial charge < -0.3 is 9.30 Å². The lowest BCUT2D eigenvalue weighted by atomic mass is 9.91. The van der Waals surface area contributed by atoms with Crippen molar-refractivity contribution in [2.24, 2.45) is 0 Å². The van der Waals surface area contributed by atoms with Crippen molar-refractivity contribution in [3.05, 3.63) is 92.8 Å². The summed E-state index contributed by atoms with van der Waals surface area (Å²) in [5, 5.41) is 11.4. The molecule has 2 aromatic carbocycles. The number of hydrogen-bond acceptors (Lipinski definition) is 3. The van der Waals surface area contributed by atoms with Gasteiger partial charge in [-0.05, 0) is 50.1 Å². The van der Waals surface area contributed by atoms with Crippen LogP contribution in [0.4, 0.5) is 0 Å². The Balaban J connectivity index is 2.14. The van der Waals surface area contributed by atoms with Gasteiger partial charge in [-0.15, -0.1) is 0 Å². The first-order valence-corrected chi connectivity index (χ1v) is 8.93. The molecule has 0 amide bonds. The van der Waals surface area contributed by atoms with Crippen molar-refractivity contribution in [2.45, 2.75) is 26.7 Å². The van der Waals surface area contributed by atoms with Crippen molar-refractivity contribution in [1.82, 2.24) is 4.57 Å². The largest absolute Gasteiger partial charge is 0.495 e. The number of methoxy groups -OCH3 is 1. The van der Waals surface area contributed by atoms with Crippen molar-refractivity contribution in [3.63, 3.8) is 0 Å². The lowest BCUT2D eigenvalue weighted by molar-refractivity contribution is -0.481. The molecule has 0 saturated carbocycles. The molecule has 1 atom stereocenters. The van der Waals surface area contributed by atoms with Crippen molar-refractivity contribution in [2.75, 3.05) is 13.7 Å². The van der Waals surface area contributed by atoms with Crippen molar-refractivity contribution < 1.29 is 9.66 Å². The molecular formula is C22H24N2O3. The maximum absolute atomic E-state index is 11.4. The number of nitro groups is 1. The van der Waals surface area contributed by atoms with Crippen LogP contribution in [0.3, 0.4) is 0 Å². The van der Waals surface area contributed by atoms with Gasteiger partial charge in [0.15, 0.2) is 0 Å². The molecule has 1 heterocycles. The number of ether oxygens (including phenoxy) is 1. The number of rotatable bonds is 6. The average molecular weight is 364 g/mol. The number of benzene rings is 2. The normalized spacial score (nSPS) is 12.0. The van der Waals surface area contributed by atoms with Gasteiger partial charge in [0.25, 0.3) is 0 Å². The lowest BCUT2D eigenvalue weighted by Crippen LogP contribution is -2.15. The number of nitrogens with zero attached hydrogens (tertiary/aromatic N) is 2. The molecule has 3 rings (SSSR count). The Bertz CT molecular complexity index is 958. The average Bonchev–Trinajstić information content (AvgIpc) is 2.94. The third kappa shape index (κ3) is 3.72. The van der Waals surface area contributed by atoms with Crippen LogP contribution in [0.25, 0.3) is 5.69 Å². The van der Waals surface area contributed by atoms with Crippen LogP contribution in [-0.2, 0) is 0 Å². The Hall–Kier alpha value is -3.08. The topological polar surface area (TPSA) is 57.3 Å². The van der Waals surface area contributed by atoms with Gasteiger partial charge in [-0.2, -0.15) is 0 Å². The van der Waals surface area contributed by atoms with Crippen LogP contribution >= 0.6 is 0 Å². The standard InChI is InChI=1S/C22H24N2O3/c1-15-9-11-18(12-10-15)20(14-23(25)26)19-13-16(2)24(17(19)3)21-7-5-6-8-22(21)27-4/h5-13,20H,14H2,1-4H3/t20-/m0/s1. The maximum Gasteiger partial charge on any atom is 0.214 e. The zero-order valence-electron chi connectivity index (χ0n) is 16.1. The monoisotopic (exact) mass is 364 g/mol. The van der Waals surface area contributed by atoms with Crippen molar-refractivity contribution in [1.29, 1.82) is 0 Å². The molecule has 0 radical (unpaired) electrons. The van der Waals surface area contributed by atoms with E-state index in [-0.39, 0.29) is 17.4 Å². The van der Waals surface area contributed by atoms with Crippen molar-refractivity contribution in [3.8, 4) is 11.4 Å². The third-order valence-electron chi connectivity index (χ3n) is 4.98. The summed E-state index contributed by atoms with van der Waals surface area (Å²) in [6.07, 6.45) is 0. The molecular weight excluding hydrogens is 340 g/mol. The summed E-state index contributed by atoms with van der Waals surface area (Å²) < 4.78 is 7.62. The lowest BCUT2D eigenvalue weighted by Gasteiger charge is -2.17. The van der Waals surface area contributed by atoms with Crippen LogP contribution < -0.4 is 4.74 Å². The van der Waals surface area contributed by atoms with Crippen molar-refractivity contribution >= 4 is 0 Å². The molecule has 0 fully saturated rings. The van der Waals surface area contributed by atoms with E-state index in [4.69, 9.17) is 4.74 Å². The Labute approximate surface area is 159 Å². The van der Waals surface area contributed by atoms with E-state index in [1.165, 1.54) is 0 Å². The van der Waals surface area contributed by atoms with Crippen LogP contribution in [0.5, 0.6) is 5.75 Å². The highest BCUT2D eigenvalue weighted by atomic mass is 16.6. The summed E-state index contributed by atoms with van der Waals surface area (Å²) >= 11 is 0. The van der Waals surface area contributed by atoms with E-state index in [1.54, 1.807) is 7.11 Å². The second kappa shape index (κ2) is 7.66. The fourth-order valence-electron chi connectivity index (χ4n) is 3.66. The molecule has 0 aliphatic rings. The molecule has 0 N–H and O–H groups in total. The zero-order valence-corrected chi connectivity index (χ0v) is 16.1. The minimum absolute atomic E-state index is 0.140. The molecule has 0 saturated heterocycles. The van der Waals surface area contributed by atoms with Crippen LogP contribution in [0.15, 0.2) is 54.6 Å². The SMILES string of the molecule is COc1ccccc1-n1c(C)cc([C@@H](C[N+](=O)[O-])c2ccc(C)cc2)c1C. The fourth-order valence-corrected chi connectivity index (χ4v) is 3.66. The number of aryl methyl sites for hydroxylation is 2. The van der Waals surface area contributed by atoms with Gasteiger partial charge in [0, 0.05) is 16.3 Å². The molecule has 5 nitrogen and oxygen atoms in total. The van der Waals surface area contributed by atoms with E-state index in [0.717, 1.165) is 39.5 Å². The van der Waals surface area contributed by atoms with Gasteiger partial charge in [-0.1, -0.05) is 42.0 Å². The van der Waals surface area contributed by atoms with Crippen LogP contribution in [0, 0.1) is 30.9 Å². The molecule has 0 aliphatic carbocycles. The Kier molecular flexibility index (Phi) is 5.31. The number of hydrogen-bond donors (Lipinski definition) is 0. The fraction of sp³-hybridized carbons (Fsp3) is 0.273. The molecule has 1 aromatic heterocycles. The van der Waals surface area contributed by atoms with E-state index in [2.05, 4.69) is 10.6 Å². The van der Waals surface area contributed by atoms with Crippen LogP contribution in [0.1, 0.15) is 34.0 Å². The number of para-hydroxylation sites is 2. The first-order chi connectivity index (χ1) is 12.9. The molecule has 27 heavy (non-hydrogen) atoms.